The van der Waals surface area contributed by atoms with E-state index in [1.165, 1.54) is 45.4 Å². The van der Waals surface area contributed by atoms with Gasteiger partial charge in [0.1, 0.15) is 0 Å². The molecule has 0 saturated carbocycles. The minimum Gasteiger partial charge on any atom is -0.317 e. The van der Waals surface area contributed by atoms with E-state index in [4.69, 9.17) is 0 Å². The van der Waals surface area contributed by atoms with E-state index in [0.29, 0.717) is 5.41 Å². The van der Waals surface area contributed by atoms with Crippen LogP contribution in [-0.2, 0) is 0 Å². The van der Waals surface area contributed by atoms with Crippen LogP contribution >= 0.6 is 12.4 Å². The Kier molecular flexibility index (Phi) is 4.23. The molecule has 2 rings (SSSR count). The monoisotopic (exact) mass is 218 g/mol. The summed E-state index contributed by atoms with van der Waals surface area (Å²) in [5, 5.41) is 3.46. The van der Waals surface area contributed by atoms with Gasteiger partial charge in [-0.05, 0) is 58.2 Å². The molecule has 0 amide bonds. The lowest BCUT2D eigenvalue weighted by atomic mass is 9.78. The number of likely N-dealkylation sites (tertiary alicyclic amines) is 1. The quantitative estimate of drug-likeness (QED) is 0.723. The normalized spacial score (nSPS) is 26.8. The molecule has 0 aromatic heterocycles. The summed E-state index contributed by atoms with van der Waals surface area (Å²) >= 11 is 0. The molecule has 0 atom stereocenters. The Balaban J connectivity index is 0.000000980. The van der Waals surface area contributed by atoms with E-state index in [0.717, 1.165) is 6.04 Å². The maximum absolute atomic E-state index is 3.46. The molecule has 0 aromatic rings. The zero-order valence-electron chi connectivity index (χ0n) is 9.38. The van der Waals surface area contributed by atoms with Crippen molar-refractivity contribution < 1.29 is 0 Å². The van der Waals surface area contributed by atoms with Gasteiger partial charge in [-0.15, -0.1) is 12.4 Å². The average Bonchev–Trinajstić information content (AvgIpc) is 2.51. The molecule has 1 N–H and O–H groups in total. The molecule has 0 aromatic carbocycles. The molecule has 0 radical (unpaired) electrons. The predicted molar refractivity (Wildman–Crippen MR) is 63.1 cm³/mol. The molecule has 2 aliphatic heterocycles. The van der Waals surface area contributed by atoms with Gasteiger partial charge < -0.3 is 10.2 Å². The molecule has 14 heavy (non-hydrogen) atoms. The summed E-state index contributed by atoms with van der Waals surface area (Å²) in [5.41, 5.74) is 0.690. The maximum Gasteiger partial charge on any atom is 0.00421 e. The van der Waals surface area contributed by atoms with Crippen LogP contribution in [0.5, 0.6) is 0 Å². The van der Waals surface area contributed by atoms with E-state index in [-0.39, 0.29) is 12.4 Å². The Bertz CT molecular complexity index is 176. The van der Waals surface area contributed by atoms with Gasteiger partial charge in [0.15, 0.2) is 0 Å². The first-order valence-electron chi connectivity index (χ1n) is 5.67. The summed E-state index contributed by atoms with van der Waals surface area (Å²) in [6.45, 7) is 9.81. The predicted octanol–water partition coefficient (Wildman–Crippen LogP) is 1.89. The van der Waals surface area contributed by atoms with Gasteiger partial charge >= 0.3 is 0 Å². The molecule has 3 heteroatoms. The average molecular weight is 219 g/mol. The number of nitrogens with one attached hydrogen (secondary N) is 1. The van der Waals surface area contributed by atoms with Crippen LogP contribution in [0, 0.1) is 5.41 Å². The summed E-state index contributed by atoms with van der Waals surface area (Å²) in [7, 11) is 0. The summed E-state index contributed by atoms with van der Waals surface area (Å²) in [6, 6.07) is 0.745. The molecule has 2 heterocycles. The molecule has 2 aliphatic rings. The fourth-order valence-electron chi connectivity index (χ4n) is 2.78. The van der Waals surface area contributed by atoms with Gasteiger partial charge in [0.05, 0.1) is 0 Å². The summed E-state index contributed by atoms with van der Waals surface area (Å²) < 4.78 is 0. The van der Waals surface area contributed by atoms with Gasteiger partial charge in [0.25, 0.3) is 0 Å². The maximum atomic E-state index is 3.46. The summed E-state index contributed by atoms with van der Waals surface area (Å²) in [6.07, 6.45) is 4.24. The van der Waals surface area contributed by atoms with E-state index in [9.17, 15) is 0 Å². The SMILES string of the molecule is CC(C)N1CCC2(CCNCC2)C1.Cl. The van der Waals surface area contributed by atoms with Crippen molar-refractivity contribution in [1.82, 2.24) is 10.2 Å². The summed E-state index contributed by atoms with van der Waals surface area (Å²) in [4.78, 5) is 2.64. The van der Waals surface area contributed by atoms with Crippen LogP contribution in [0.1, 0.15) is 33.1 Å². The highest BCUT2D eigenvalue weighted by molar-refractivity contribution is 5.85. The van der Waals surface area contributed by atoms with Gasteiger partial charge in [-0.25, -0.2) is 0 Å². The molecule has 0 bridgehead atoms. The van der Waals surface area contributed by atoms with E-state index in [2.05, 4.69) is 24.1 Å². The highest BCUT2D eigenvalue weighted by Gasteiger charge is 2.39. The van der Waals surface area contributed by atoms with Crippen molar-refractivity contribution in [1.29, 1.82) is 0 Å². The zero-order chi connectivity index (χ0) is 9.31. The van der Waals surface area contributed by atoms with E-state index in [1.54, 1.807) is 0 Å². The fourth-order valence-corrected chi connectivity index (χ4v) is 2.78. The van der Waals surface area contributed by atoms with E-state index in [1.807, 2.05) is 0 Å². The Morgan fingerprint density at radius 1 is 1.14 bits per heavy atom. The fraction of sp³-hybridized carbons (Fsp3) is 1.00. The molecule has 2 nitrogen and oxygen atoms in total. The van der Waals surface area contributed by atoms with Crippen molar-refractivity contribution in [2.75, 3.05) is 26.2 Å². The number of hydrogen-bond donors (Lipinski definition) is 1. The van der Waals surface area contributed by atoms with Gasteiger partial charge in [-0.2, -0.15) is 0 Å². The minimum atomic E-state index is 0. The molecule has 0 unspecified atom stereocenters. The van der Waals surface area contributed by atoms with Crippen LogP contribution in [0.15, 0.2) is 0 Å². The van der Waals surface area contributed by atoms with Crippen LogP contribution in [0.4, 0.5) is 0 Å². The van der Waals surface area contributed by atoms with Crippen molar-refractivity contribution in [2.45, 2.75) is 39.2 Å². The lowest BCUT2D eigenvalue weighted by Gasteiger charge is -2.34. The van der Waals surface area contributed by atoms with Crippen molar-refractivity contribution in [3.05, 3.63) is 0 Å². The van der Waals surface area contributed by atoms with E-state index < -0.39 is 0 Å². The van der Waals surface area contributed by atoms with Gasteiger partial charge in [-0.1, -0.05) is 0 Å². The second kappa shape index (κ2) is 4.82. The minimum absolute atomic E-state index is 0. The number of rotatable bonds is 1. The van der Waals surface area contributed by atoms with Crippen molar-refractivity contribution >= 4 is 12.4 Å². The molecule has 1 spiro atoms. The van der Waals surface area contributed by atoms with Gasteiger partial charge in [0.2, 0.25) is 0 Å². The Labute approximate surface area is 93.8 Å². The standard InChI is InChI=1S/C11H22N2.ClH/c1-10(2)13-8-5-11(9-13)3-6-12-7-4-11;/h10,12H,3-9H2,1-2H3;1H. The van der Waals surface area contributed by atoms with Crippen molar-refractivity contribution in [2.24, 2.45) is 5.41 Å². The lowest BCUT2D eigenvalue weighted by Crippen LogP contribution is -2.39. The number of piperidine rings is 1. The van der Waals surface area contributed by atoms with Gasteiger partial charge in [0, 0.05) is 12.6 Å². The lowest BCUT2D eigenvalue weighted by molar-refractivity contribution is 0.180. The van der Waals surface area contributed by atoms with Crippen molar-refractivity contribution in [3.8, 4) is 0 Å². The zero-order valence-corrected chi connectivity index (χ0v) is 10.2. The Morgan fingerprint density at radius 2 is 1.79 bits per heavy atom. The highest BCUT2D eigenvalue weighted by atomic mass is 35.5. The van der Waals surface area contributed by atoms with Gasteiger partial charge in [-0.3, -0.25) is 0 Å². The Hall–Kier alpha value is 0.210. The van der Waals surface area contributed by atoms with E-state index >= 15 is 0 Å². The second-order valence-electron chi connectivity index (χ2n) is 5.06. The third-order valence-electron chi connectivity index (χ3n) is 3.86. The number of hydrogen-bond acceptors (Lipinski definition) is 2. The second-order valence-corrected chi connectivity index (χ2v) is 5.06. The molecule has 2 fully saturated rings. The highest BCUT2D eigenvalue weighted by Crippen LogP contribution is 2.39. The molecular formula is C11H23ClN2. The third kappa shape index (κ3) is 2.41. The first-order valence-corrected chi connectivity index (χ1v) is 5.67. The van der Waals surface area contributed by atoms with Crippen LogP contribution < -0.4 is 5.32 Å². The Morgan fingerprint density at radius 3 is 2.29 bits per heavy atom. The van der Waals surface area contributed by atoms with Crippen LogP contribution in [0.2, 0.25) is 0 Å². The molecule has 2 saturated heterocycles. The largest absolute Gasteiger partial charge is 0.317 e. The molecular weight excluding hydrogens is 196 g/mol. The van der Waals surface area contributed by atoms with Crippen molar-refractivity contribution in [3.63, 3.8) is 0 Å². The number of halogens is 1. The molecule has 84 valence electrons. The third-order valence-corrected chi connectivity index (χ3v) is 3.86. The topological polar surface area (TPSA) is 15.3 Å². The van der Waals surface area contributed by atoms with Crippen LogP contribution in [0.3, 0.4) is 0 Å². The first-order chi connectivity index (χ1) is 6.22. The summed E-state index contributed by atoms with van der Waals surface area (Å²) in [5.74, 6) is 0. The van der Waals surface area contributed by atoms with Crippen LogP contribution in [-0.4, -0.2) is 37.1 Å². The van der Waals surface area contributed by atoms with Crippen LogP contribution in [0.25, 0.3) is 0 Å². The number of nitrogens with zero attached hydrogens (tertiary/aromatic N) is 1. The molecule has 0 aliphatic carbocycles. The first kappa shape index (κ1) is 12.3. The smallest absolute Gasteiger partial charge is 0.00421 e.